The first kappa shape index (κ1) is 10.4. The van der Waals surface area contributed by atoms with Crippen LogP contribution in [-0.4, -0.2) is 5.11 Å². The van der Waals surface area contributed by atoms with Crippen LogP contribution >= 0.6 is 11.6 Å². The highest BCUT2D eigenvalue weighted by molar-refractivity contribution is 6.32. The van der Waals surface area contributed by atoms with Crippen LogP contribution in [0.3, 0.4) is 0 Å². The molecular weight excluding hydrogens is 184 g/mol. The fourth-order valence-electron chi connectivity index (χ4n) is 1.36. The van der Waals surface area contributed by atoms with Crippen LogP contribution < -0.4 is 0 Å². The number of aryl methyl sites for hydroxylation is 1. The second-order valence-corrected chi connectivity index (χ2v) is 3.86. The molecule has 0 aromatic heterocycles. The van der Waals surface area contributed by atoms with E-state index in [0.717, 1.165) is 17.5 Å². The highest BCUT2D eigenvalue weighted by Gasteiger charge is 2.11. The molecule has 0 heterocycles. The summed E-state index contributed by atoms with van der Waals surface area (Å²) in [5, 5.41) is 10.3. The summed E-state index contributed by atoms with van der Waals surface area (Å²) in [5.74, 6) is 0.555. The molecule has 0 saturated carbocycles. The van der Waals surface area contributed by atoms with Crippen molar-refractivity contribution in [3.8, 4) is 5.75 Å². The van der Waals surface area contributed by atoms with Gasteiger partial charge in [0.05, 0.1) is 5.02 Å². The Morgan fingerprint density at radius 2 is 2.00 bits per heavy atom. The van der Waals surface area contributed by atoms with Crippen molar-refractivity contribution < 1.29 is 5.11 Å². The third kappa shape index (κ3) is 1.97. The molecule has 2 heteroatoms. The lowest BCUT2D eigenvalue weighted by Gasteiger charge is -2.11. The molecule has 0 saturated heterocycles. The van der Waals surface area contributed by atoms with Crippen LogP contribution in [0, 0.1) is 0 Å². The van der Waals surface area contributed by atoms with Gasteiger partial charge in [-0.05, 0) is 23.5 Å². The topological polar surface area (TPSA) is 20.2 Å². The minimum absolute atomic E-state index is 0.246. The van der Waals surface area contributed by atoms with Crippen molar-refractivity contribution in [2.45, 2.75) is 33.1 Å². The summed E-state index contributed by atoms with van der Waals surface area (Å²) in [6.45, 7) is 6.10. The fraction of sp³-hybridized carbons (Fsp3) is 0.455. The molecule has 0 unspecified atom stereocenters. The lowest BCUT2D eigenvalue weighted by atomic mass is 9.99. The molecule has 1 N–H and O–H groups in total. The van der Waals surface area contributed by atoms with E-state index in [9.17, 15) is 5.11 Å². The molecule has 13 heavy (non-hydrogen) atoms. The molecule has 0 amide bonds. The van der Waals surface area contributed by atoms with Gasteiger partial charge in [-0.25, -0.2) is 0 Å². The highest BCUT2D eigenvalue weighted by atomic mass is 35.5. The molecule has 1 rings (SSSR count). The maximum atomic E-state index is 9.75. The molecule has 0 atom stereocenters. The molecule has 1 aromatic rings. The van der Waals surface area contributed by atoms with Crippen molar-refractivity contribution in [2.24, 2.45) is 0 Å². The van der Waals surface area contributed by atoms with Crippen LogP contribution in [0.15, 0.2) is 12.1 Å². The van der Waals surface area contributed by atoms with E-state index in [4.69, 9.17) is 11.6 Å². The summed E-state index contributed by atoms with van der Waals surface area (Å²) in [4.78, 5) is 0. The van der Waals surface area contributed by atoms with Gasteiger partial charge in [0.25, 0.3) is 0 Å². The summed E-state index contributed by atoms with van der Waals surface area (Å²) in [6.07, 6.45) is 0.852. The Morgan fingerprint density at radius 3 is 2.46 bits per heavy atom. The molecule has 72 valence electrons. The van der Waals surface area contributed by atoms with Gasteiger partial charge in [0.15, 0.2) is 0 Å². The zero-order valence-electron chi connectivity index (χ0n) is 8.26. The standard InChI is InChI=1S/C11H15ClO/c1-4-8-5-6-9(7(2)3)11(13)10(8)12/h5-7,13H,4H2,1-3H3. The lowest BCUT2D eigenvalue weighted by molar-refractivity contribution is 0.464. The van der Waals surface area contributed by atoms with Crippen molar-refractivity contribution in [3.05, 3.63) is 28.3 Å². The Balaban J connectivity index is 3.23. The number of rotatable bonds is 2. The van der Waals surface area contributed by atoms with Crippen molar-refractivity contribution in [1.82, 2.24) is 0 Å². The van der Waals surface area contributed by atoms with Gasteiger partial charge in [-0.15, -0.1) is 0 Å². The molecule has 0 fully saturated rings. The number of hydrogen-bond donors (Lipinski definition) is 1. The number of hydrogen-bond acceptors (Lipinski definition) is 1. The summed E-state index contributed by atoms with van der Waals surface area (Å²) in [5.41, 5.74) is 1.92. The first-order chi connectivity index (χ1) is 6.07. The third-order valence-electron chi connectivity index (χ3n) is 2.23. The van der Waals surface area contributed by atoms with Gasteiger partial charge < -0.3 is 5.11 Å². The van der Waals surface area contributed by atoms with Crippen LogP contribution in [0.4, 0.5) is 0 Å². The van der Waals surface area contributed by atoms with Crippen LogP contribution in [0.25, 0.3) is 0 Å². The Hall–Kier alpha value is -0.690. The van der Waals surface area contributed by atoms with Gasteiger partial charge in [0.2, 0.25) is 0 Å². The van der Waals surface area contributed by atoms with Crippen molar-refractivity contribution in [2.75, 3.05) is 0 Å². The summed E-state index contributed by atoms with van der Waals surface area (Å²) in [6, 6.07) is 3.93. The molecule has 0 radical (unpaired) electrons. The second kappa shape index (κ2) is 4.01. The average molecular weight is 199 g/mol. The molecule has 0 aliphatic heterocycles. The monoisotopic (exact) mass is 198 g/mol. The van der Waals surface area contributed by atoms with Crippen molar-refractivity contribution in [1.29, 1.82) is 0 Å². The summed E-state index contributed by atoms with van der Waals surface area (Å²) < 4.78 is 0. The normalized spacial score (nSPS) is 10.8. The Morgan fingerprint density at radius 1 is 1.38 bits per heavy atom. The number of phenols is 1. The SMILES string of the molecule is CCc1ccc(C(C)C)c(O)c1Cl. The quantitative estimate of drug-likeness (QED) is 0.768. The summed E-state index contributed by atoms with van der Waals surface area (Å²) >= 11 is 5.99. The smallest absolute Gasteiger partial charge is 0.137 e. The van der Waals surface area contributed by atoms with E-state index in [1.807, 2.05) is 32.9 Å². The second-order valence-electron chi connectivity index (χ2n) is 3.48. The van der Waals surface area contributed by atoms with Gasteiger partial charge >= 0.3 is 0 Å². The number of aromatic hydroxyl groups is 1. The number of phenolic OH excluding ortho intramolecular Hbond substituents is 1. The van der Waals surface area contributed by atoms with E-state index < -0.39 is 0 Å². The minimum Gasteiger partial charge on any atom is -0.506 e. The van der Waals surface area contributed by atoms with E-state index >= 15 is 0 Å². The van der Waals surface area contributed by atoms with Crippen molar-refractivity contribution in [3.63, 3.8) is 0 Å². The van der Waals surface area contributed by atoms with Crippen LogP contribution in [0.1, 0.15) is 37.8 Å². The molecule has 0 aliphatic rings. The van der Waals surface area contributed by atoms with E-state index in [1.54, 1.807) is 0 Å². The number of halogens is 1. The van der Waals surface area contributed by atoms with E-state index in [-0.39, 0.29) is 5.75 Å². The highest BCUT2D eigenvalue weighted by Crippen LogP contribution is 2.35. The first-order valence-corrected chi connectivity index (χ1v) is 4.96. The fourth-order valence-corrected chi connectivity index (χ4v) is 1.67. The molecular formula is C11H15ClO. The summed E-state index contributed by atoms with van der Waals surface area (Å²) in [7, 11) is 0. The van der Waals surface area contributed by atoms with Crippen LogP contribution in [-0.2, 0) is 6.42 Å². The zero-order chi connectivity index (χ0) is 10.0. The van der Waals surface area contributed by atoms with Gasteiger partial charge in [0, 0.05) is 0 Å². The predicted molar refractivity (Wildman–Crippen MR) is 56.6 cm³/mol. The third-order valence-corrected chi connectivity index (χ3v) is 2.65. The molecule has 0 spiro atoms. The Kier molecular flexibility index (Phi) is 3.21. The van der Waals surface area contributed by atoms with E-state index in [2.05, 4.69) is 0 Å². The van der Waals surface area contributed by atoms with E-state index in [0.29, 0.717) is 10.9 Å². The first-order valence-electron chi connectivity index (χ1n) is 4.58. The maximum absolute atomic E-state index is 9.75. The molecule has 1 aromatic carbocycles. The number of benzene rings is 1. The van der Waals surface area contributed by atoms with Gasteiger partial charge in [-0.2, -0.15) is 0 Å². The Bertz CT molecular complexity index is 305. The van der Waals surface area contributed by atoms with Gasteiger partial charge in [0.1, 0.15) is 5.75 Å². The van der Waals surface area contributed by atoms with Crippen molar-refractivity contribution >= 4 is 11.6 Å². The molecule has 0 bridgehead atoms. The van der Waals surface area contributed by atoms with Gasteiger partial charge in [-0.3, -0.25) is 0 Å². The maximum Gasteiger partial charge on any atom is 0.137 e. The zero-order valence-corrected chi connectivity index (χ0v) is 9.02. The molecule has 1 nitrogen and oxygen atoms in total. The van der Waals surface area contributed by atoms with Crippen LogP contribution in [0.2, 0.25) is 5.02 Å². The predicted octanol–water partition coefficient (Wildman–Crippen LogP) is 3.73. The Labute approximate surface area is 84.4 Å². The largest absolute Gasteiger partial charge is 0.506 e. The lowest BCUT2D eigenvalue weighted by Crippen LogP contribution is -1.91. The van der Waals surface area contributed by atoms with E-state index in [1.165, 1.54) is 0 Å². The minimum atomic E-state index is 0.246. The van der Waals surface area contributed by atoms with Gasteiger partial charge in [-0.1, -0.05) is 44.5 Å². The average Bonchev–Trinajstić information content (AvgIpc) is 2.09. The van der Waals surface area contributed by atoms with Crippen LogP contribution in [0.5, 0.6) is 5.75 Å². The molecule has 0 aliphatic carbocycles.